The summed E-state index contributed by atoms with van der Waals surface area (Å²) in [6.07, 6.45) is 0. The Labute approximate surface area is 60.4 Å². The van der Waals surface area contributed by atoms with Gasteiger partial charge in [0.2, 0.25) is 0 Å². The Hall–Kier alpha value is 0.578. The predicted molar refractivity (Wildman–Crippen MR) is 29.8 cm³/mol. The molecule has 0 spiro atoms. The van der Waals surface area contributed by atoms with Crippen molar-refractivity contribution < 1.29 is 19.6 Å². The van der Waals surface area contributed by atoms with E-state index in [1.807, 2.05) is 13.8 Å². The third-order valence-electron chi connectivity index (χ3n) is 0.661. The standard InChI is InChI=1S/C4H7NS.W/c1-3(5)4(2)6;/h6H,1-2H3;/b4-3-;. The van der Waals surface area contributed by atoms with E-state index >= 15 is 0 Å². The number of hydrogen-bond donors (Lipinski definition) is 1. The molecule has 3 heteroatoms. The summed E-state index contributed by atoms with van der Waals surface area (Å²) in [5.74, 6) is 0. The molecule has 0 bridgehead atoms. The molecule has 1 nitrogen and oxygen atoms in total. The van der Waals surface area contributed by atoms with Crippen LogP contribution in [0.4, 0.5) is 0 Å². The number of allylic oxidation sites excluding steroid dienone is 2. The molecule has 0 N–H and O–H groups in total. The van der Waals surface area contributed by atoms with Crippen molar-refractivity contribution in [3.8, 4) is 0 Å². The Bertz CT molecular complexity index is 104. The van der Waals surface area contributed by atoms with Gasteiger partial charge in [-0.1, -0.05) is 0 Å². The van der Waals surface area contributed by atoms with Gasteiger partial charge in [0.05, 0.1) is 0 Å². The summed E-state index contributed by atoms with van der Waals surface area (Å²) in [6.45, 7) is 3.89. The van der Waals surface area contributed by atoms with Crippen LogP contribution in [0.15, 0.2) is 14.1 Å². The molecule has 0 saturated heterocycles. The molecule has 0 saturated carbocycles. The van der Waals surface area contributed by atoms with E-state index in [0.29, 0.717) is 0 Å². The average molecular weight is 285 g/mol. The second-order valence-electron chi connectivity index (χ2n) is 1.26. The zero-order valence-electron chi connectivity index (χ0n) is 4.30. The molecule has 0 aliphatic heterocycles. The first-order chi connectivity index (χ1) is 3.18. The van der Waals surface area contributed by atoms with Gasteiger partial charge in [-0.3, -0.25) is 0 Å². The zero-order valence-corrected chi connectivity index (χ0v) is 8.13. The molecule has 0 aromatic rings. The van der Waals surface area contributed by atoms with E-state index in [9.17, 15) is 0 Å². The van der Waals surface area contributed by atoms with Crippen molar-refractivity contribution in [1.82, 2.24) is 0 Å². The number of rotatable bonds is 1. The van der Waals surface area contributed by atoms with Crippen molar-refractivity contribution in [2.24, 2.45) is 3.50 Å². The molecular weight excluding hydrogens is 278 g/mol. The Morgan fingerprint density at radius 2 is 2.00 bits per heavy atom. The first-order valence-electron chi connectivity index (χ1n) is 1.88. The maximum atomic E-state index is 4.07. The van der Waals surface area contributed by atoms with Crippen molar-refractivity contribution >= 4 is 12.6 Å². The summed E-state index contributed by atoms with van der Waals surface area (Å²) in [5.41, 5.74) is 1.04. The minimum absolute atomic E-state index is 1.01. The van der Waals surface area contributed by atoms with Crippen LogP contribution >= 0.6 is 12.6 Å². The van der Waals surface area contributed by atoms with Crippen molar-refractivity contribution in [2.75, 3.05) is 0 Å². The zero-order chi connectivity index (χ0) is 5.86. The van der Waals surface area contributed by atoms with E-state index in [-0.39, 0.29) is 0 Å². The molecule has 0 aromatic carbocycles. The Morgan fingerprint density at radius 3 is 2.00 bits per heavy atom. The quantitative estimate of drug-likeness (QED) is 0.706. The molecule has 0 aliphatic rings. The van der Waals surface area contributed by atoms with Gasteiger partial charge < -0.3 is 0 Å². The second-order valence-corrected chi connectivity index (χ2v) is 2.59. The molecular formula is C4H7NSW. The summed E-state index contributed by atoms with van der Waals surface area (Å²) >= 11 is 5.31. The molecule has 0 rings (SSSR count). The normalized spacial score (nSPS) is 13.0. The third-order valence-corrected chi connectivity index (χ3v) is 1.97. The van der Waals surface area contributed by atoms with E-state index in [1.54, 1.807) is 0 Å². The number of nitrogens with zero attached hydrogens (tertiary/aromatic N) is 1. The van der Waals surface area contributed by atoms with E-state index < -0.39 is 0 Å². The van der Waals surface area contributed by atoms with E-state index in [4.69, 9.17) is 0 Å². The first-order valence-corrected chi connectivity index (χ1v) is 3.64. The van der Waals surface area contributed by atoms with Gasteiger partial charge in [-0.15, -0.1) is 0 Å². The Kier molecular flexibility index (Phi) is 3.86. The fourth-order valence-corrected chi connectivity index (χ4v) is 0.875. The van der Waals surface area contributed by atoms with Crippen LogP contribution in [0.2, 0.25) is 0 Å². The number of thiol groups is 1. The molecule has 7 heavy (non-hydrogen) atoms. The van der Waals surface area contributed by atoms with Gasteiger partial charge >= 0.3 is 60.2 Å². The van der Waals surface area contributed by atoms with Crippen molar-refractivity contribution in [2.45, 2.75) is 13.8 Å². The fourth-order valence-electron chi connectivity index (χ4n) is 0.0661. The molecule has 0 fully saturated rings. The van der Waals surface area contributed by atoms with Crippen LogP contribution < -0.4 is 0 Å². The van der Waals surface area contributed by atoms with Crippen LogP contribution in [0, 0.1) is 0 Å². The van der Waals surface area contributed by atoms with Gasteiger partial charge in [0, 0.05) is 0 Å². The SMILES string of the molecule is C/C(S)=C(\C)[N]=[W]. The van der Waals surface area contributed by atoms with Crippen LogP contribution in [0.1, 0.15) is 13.8 Å². The van der Waals surface area contributed by atoms with Gasteiger partial charge in [-0.25, -0.2) is 0 Å². The van der Waals surface area contributed by atoms with Gasteiger partial charge in [-0.2, -0.15) is 0 Å². The summed E-state index contributed by atoms with van der Waals surface area (Å²) in [5, 5.41) is 0. The molecule has 40 valence electrons. The Balaban J connectivity index is 3.98. The van der Waals surface area contributed by atoms with Crippen LogP contribution in [0.3, 0.4) is 0 Å². The van der Waals surface area contributed by atoms with E-state index in [1.165, 1.54) is 19.6 Å². The van der Waals surface area contributed by atoms with Crippen molar-refractivity contribution in [3.05, 3.63) is 10.6 Å². The van der Waals surface area contributed by atoms with Crippen LogP contribution in [-0.4, -0.2) is 0 Å². The Morgan fingerprint density at radius 1 is 1.57 bits per heavy atom. The second kappa shape index (κ2) is 3.56. The van der Waals surface area contributed by atoms with E-state index in [2.05, 4.69) is 16.1 Å². The molecule has 0 amide bonds. The maximum absolute atomic E-state index is 4.07. The monoisotopic (exact) mass is 285 g/mol. The van der Waals surface area contributed by atoms with Crippen molar-refractivity contribution in [3.63, 3.8) is 0 Å². The molecule has 0 aromatic heterocycles. The topological polar surface area (TPSA) is 12.4 Å². The van der Waals surface area contributed by atoms with Gasteiger partial charge in [0.15, 0.2) is 0 Å². The molecule has 0 atom stereocenters. The summed E-state index contributed by atoms with van der Waals surface area (Å²) in [7, 11) is 0. The third kappa shape index (κ3) is 3.19. The minimum atomic E-state index is 1.01. The van der Waals surface area contributed by atoms with Crippen LogP contribution in [0.25, 0.3) is 0 Å². The molecule has 0 radical (unpaired) electrons. The molecule has 0 aliphatic carbocycles. The summed E-state index contributed by atoms with van der Waals surface area (Å²) in [4.78, 5) is 1.01. The number of hydrogen-bond acceptors (Lipinski definition) is 2. The van der Waals surface area contributed by atoms with Crippen molar-refractivity contribution in [1.29, 1.82) is 0 Å². The summed E-state index contributed by atoms with van der Waals surface area (Å²) < 4.78 is 3.97. The predicted octanol–water partition coefficient (Wildman–Crippen LogP) is 1.90. The first kappa shape index (κ1) is 7.58. The average Bonchev–Trinajstić information content (AvgIpc) is 1.65. The van der Waals surface area contributed by atoms with Crippen LogP contribution in [0.5, 0.6) is 0 Å². The molecule has 0 unspecified atom stereocenters. The summed E-state index contributed by atoms with van der Waals surface area (Å²) in [6, 6.07) is 0. The van der Waals surface area contributed by atoms with Crippen LogP contribution in [-0.2, 0) is 19.6 Å². The van der Waals surface area contributed by atoms with Gasteiger partial charge in [0.1, 0.15) is 0 Å². The fraction of sp³-hybridized carbons (Fsp3) is 0.500. The van der Waals surface area contributed by atoms with E-state index in [0.717, 1.165) is 10.6 Å². The van der Waals surface area contributed by atoms with Gasteiger partial charge in [0.25, 0.3) is 0 Å². The van der Waals surface area contributed by atoms with Gasteiger partial charge in [-0.05, 0) is 0 Å². The molecule has 0 heterocycles.